The van der Waals surface area contributed by atoms with Crippen molar-refractivity contribution in [2.45, 2.75) is 6.92 Å². The molecule has 0 aliphatic carbocycles. The highest BCUT2D eigenvalue weighted by Crippen LogP contribution is 2.29. The van der Waals surface area contributed by atoms with E-state index in [0.717, 1.165) is 6.20 Å². The molecule has 0 N–H and O–H groups in total. The van der Waals surface area contributed by atoms with Gasteiger partial charge >= 0.3 is 0 Å². The van der Waals surface area contributed by atoms with Gasteiger partial charge in [-0.25, -0.2) is 4.98 Å². The lowest BCUT2D eigenvalue weighted by Crippen LogP contribution is -1.94. The molecule has 1 rings (SSSR count). The highest BCUT2D eigenvalue weighted by Gasteiger charge is 2.15. The van der Waals surface area contributed by atoms with Gasteiger partial charge < -0.3 is 0 Å². The molecule has 1 aromatic heterocycles. The number of hydrogen-bond donors (Lipinski definition) is 0. The van der Waals surface area contributed by atoms with Crippen LogP contribution in [0.3, 0.4) is 0 Å². The lowest BCUT2D eigenvalue weighted by Gasteiger charge is -1.99. The second kappa shape index (κ2) is 3.37. The van der Waals surface area contributed by atoms with Gasteiger partial charge in [-0.15, -0.1) is 0 Å². The minimum absolute atomic E-state index is 0.0359. The molecule has 0 amide bonds. The van der Waals surface area contributed by atoms with Crippen molar-refractivity contribution in [3.05, 3.63) is 31.5 Å². The highest BCUT2D eigenvalue weighted by atomic mass is 79.9. The second-order valence-electron chi connectivity index (χ2n) is 2.13. The van der Waals surface area contributed by atoms with Crippen molar-refractivity contribution >= 4 is 33.2 Å². The Kier molecular flexibility index (Phi) is 2.64. The number of hydrogen-bond acceptors (Lipinski definition) is 3. The normalized spacial score (nSPS) is 9.92. The van der Waals surface area contributed by atoms with Crippen molar-refractivity contribution in [1.29, 1.82) is 0 Å². The van der Waals surface area contributed by atoms with Crippen molar-refractivity contribution < 1.29 is 4.92 Å². The fourth-order valence-corrected chi connectivity index (χ4v) is 1.22. The van der Waals surface area contributed by atoms with Gasteiger partial charge in [0.15, 0.2) is 0 Å². The average molecular weight is 251 g/mol. The smallest absolute Gasteiger partial charge is 0.258 e. The molecule has 0 unspecified atom stereocenters. The summed E-state index contributed by atoms with van der Waals surface area (Å²) in [5.41, 5.74) is 0.450. The van der Waals surface area contributed by atoms with E-state index >= 15 is 0 Å². The molecule has 0 aromatic carbocycles. The molecule has 0 fully saturated rings. The van der Waals surface area contributed by atoms with Crippen LogP contribution in [0, 0.1) is 17.0 Å². The number of nitrogens with zero attached hydrogens (tertiary/aromatic N) is 2. The van der Waals surface area contributed by atoms with E-state index in [0.29, 0.717) is 10.0 Å². The summed E-state index contributed by atoms with van der Waals surface area (Å²) in [4.78, 5) is 13.5. The molecule has 1 heterocycles. The number of halogens is 2. The molecule has 0 aliphatic heterocycles. The van der Waals surface area contributed by atoms with Gasteiger partial charge in [0.25, 0.3) is 5.69 Å². The first-order chi connectivity index (χ1) is 5.54. The molecule has 0 radical (unpaired) electrons. The van der Waals surface area contributed by atoms with Crippen LogP contribution in [0.1, 0.15) is 5.56 Å². The summed E-state index contributed by atoms with van der Waals surface area (Å²) >= 11 is 8.71. The van der Waals surface area contributed by atoms with Crippen LogP contribution >= 0.6 is 27.5 Å². The Morgan fingerprint density at radius 2 is 2.33 bits per heavy atom. The first kappa shape index (κ1) is 9.41. The lowest BCUT2D eigenvalue weighted by atomic mass is 10.3. The molecule has 0 bridgehead atoms. The van der Waals surface area contributed by atoms with Crippen LogP contribution in [0.25, 0.3) is 0 Å². The average Bonchev–Trinajstić information content (AvgIpc) is 2.00. The van der Waals surface area contributed by atoms with Gasteiger partial charge in [0.1, 0.15) is 11.3 Å². The second-order valence-corrected chi connectivity index (χ2v) is 3.28. The molecule has 0 atom stereocenters. The Morgan fingerprint density at radius 1 is 1.75 bits per heavy atom. The number of aromatic nitrogens is 1. The Labute approximate surface area is 81.8 Å². The molecule has 6 heteroatoms. The minimum Gasteiger partial charge on any atom is -0.258 e. The summed E-state index contributed by atoms with van der Waals surface area (Å²) in [6.45, 7) is 1.61. The standard InChI is InChI=1S/C6H4BrClN2O2/c1-3-4(10(11)12)2-9-6(8)5(3)7/h2H,1H3. The maximum atomic E-state index is 10.4. The van der Waals surface area contributed by atoms with Crippen LogP contribution in [0.2, 0.25) is 5.15 Å². The van der Waals surface area contributed by atoms with E-state index in [1.165, 1.54) is 0 Å². The molecule has 1 aromatic rings. The number of nitro groups is 1. The van der Waals surface area contributed by atoms with Gasteiger partial charge in [0, 0.05) is 5.56 Å². The topological polar surface area (TPSA) is 56.0 Å². The van der Waals surface area contributed by atoms with Gasteiger partial charge in [-0.1, -0.05) is 11.6 Å². The van der Waals surface area contributed by atoms with Gasteiger partial charge in [-0.05, 0) is 22.9 Å². The van der Waals surface area contributed by atoms with Crippen molar-refractivity contribution in [1.82, 2.24) is 4.98 Å². The van der Waals surface area contributed by atoms with Crippen LogP contribution in [0.15, 0.2) is 10.7 Å². The summed E-state index contributed by atoms with van der Waals surface area (Å²) in [6, 6.07) is 0. The third-order valence-electron chi connectivity index (χ3n) is 1.39. The maximum absolute atomic E-state index is 10.4. The van der Waals surface area contributed by atoms with E-state index in [1.54, 1.807) is 6.92 Å². The van der Waals surface area contributed by atoms with Gasteiger partial charge in [0.2, 0.25) is 0 Å². The number of rotatable bonds is 1. The molecule has 0 aliphatic rings. The molecule has 12 heavy (non-hydrogen) atoms. The summed E-state index contributed by atoms with van der Waals surface area (Å²) in [7, 11) is 0. The summed E-state index contributed by atoms with van der Waals surface area (Å²) in [6.07, 6.45) is 1.14. The predicted octanol–water partition coefficient (Wildman–Crippen LogP) is 2.71. The van der Waals surface area contributed by atoms with Gasteiger partial charge in [-0.2, -0.15) is 0 Å². The third-order valence-corrected chi connectivity index (χ3v) is 2.88. The quantitative estimate of drug-likeness (QED) is 0.438. The Balaban J connectivity index is 3.36. The first-order valence-corrected chi connectivity index (χ1v) is 4.16. The fraction of sp³-hybridized carbons (Fsp3) is 0.167. The minimum atomic E-state index is -0.497. The Morgan fingerprint density at radius 3 is 2.83 bits per heavy atom. The molecule has 0 spiro atoms. The Hall–Kier alpha value is -0.680. The monoisotopic (exact) mass is 250 g/mol. The van der Waals surface area contributed by atoms with Crippen molar-refractivity contribution in [2.24, 2.45) is 0 Å². The Bertz CT molecular complexity index is 343. The zero-order chi connectivity index (χ0) is 9.30. The highest BCUT2D eigenvalue weighted by molar-refractivity contribution is 9.10. The van der Waals surface area contributed by atoms with Crippen LogP contribution in [-0.4, -0.2) is 9.91 Å². The molecule has 4 nitrogen and oxygen atoms in total. The van der Waals surface area contributed by atoms with Crippen LogP contribution in [-0.2, 0) is 0 Å². The first-order valence-electron chi connectivity index (χ1n) is 2.99. The molecule has 0 saturated heterocycles. The van der Waals surface area contributed by atoms with Crippen LogP contribution in [0.4, 0.5) is 5.69 Å². The SMILES string of the molecule is Cc1c([N+](=O)[O-])cnc(Cl)c1Br. The van der Waals surface area contributed by atoms with Crippen LogP contribution in [0.5, 0.6) is 0 Å². The molecular formula is C6H4BrClN2O2. The fourth-order valence-electron chi connectivity index (χ4n) is 0.723. The third kappa shape index (κ3) is 1.56. The predicted molar refractivity (Wildman–Crippen MR) is 48.3 cm³/mol. The van der Waals surface area contributed by atoms with E-state index in [2.05, 4.69) is 20.9 Å². The lowest BCUT2D eigenvalue weighted by molar-refractivity contribution is -0.385. The van der Waals surface area contributed by atoms with Crippen molar-refractivity contribution in [2.75, 3.05) is 0 Å². The van der Waals surface area contributed by atoms with E-state index in [9.17, 15) is 10.1 Å². The zero-order valence-corrected chi connectivity index (χ0v) is 8.39. The number of pyridine rings is 1. The molecule has 64 valence electrons. The summed E-state index contributed by atoms with van der Waals surface area (Å²) in [5.74, 6) is 0. The largest absolute Gasteiger partial charge is 0.291 e. The van der Waals surface area contributed by atoms with E-state index in [4.69, 9.17) is 11.6 Å². The van der Waals surface area contributed by atoms with E-state index in [1.807, 2.05) is 0 Å². The van der Waals surface area contributed by atoms with Gasteiger partial charge in [0.05, 0.1) is 9.40 Å². The zero-order valence-electron chi connectivity index (χ0n) is 6.04. The van der Waals surface area contributed by atoms with Crippen molar-refractivity contribution in [3.8, 4) is 0 Å². The van der Waals surface area contributed by atoms with Gasteiger partial charge in [-0.3, -0.25) is 10.1 Å². The summed E-state index contributed by atoms with van der Waals surface area (Å²) in [5, 5.41) is 10.6. The van der Waals surface area contributed by atoms with E-state index < -0.39 is 4.92 Å². The molecule has 0 saturated carbocycles. The summed E-state index contributed by atoms with van der Waals surface area (Å²) < 4.78 is 0.471. The molecular weight excluding hydrogens is 247 g/mol. The van der Waals surface area contributed by atoms with Crippen LogP contribution < -0.4 is 0 Å². The van der Waals surface area contributed by atoms with E-state index in [-0.39, 0.29) is 10.8 Å². The maximum Gasteiger partial charge on any atom is 0.291 e. The van der Waals surface area contributed by atoms with Crippen molar-refractivity contribution in [3.63, 3.8) is 0 Å².